The smallest absolute Gasteiger partial charge is 0.307 e. The number of rotatable bonds is 1. The van der Waals surface area contributed by atoms with Gasteiger partial charge in [-0.2, -0.15) is 0 Å². The van der Waals surface area contributed by atoms with Crippen LogP contribution in [0.5, 0.6) is 5.75 Å². The molecule has 1 aliphatic heterocycles. The van der Waals surface area contributed by atoms with Crippen molar-refractivity contribution >= 4 is 11.8 Å². The molecule has 4 atom stereocenters. The highest BCUT2D eigenvalue weighted by atomic mass is 16.5. The maximum absolute atomic E-state index is 12.4. The van der Waals surface area contributed by atoms with Gasteiger partial charge in [0.15, 0.2) is 5.78 Å². The molecular weight excluding hydrogens is 256 g/mol. The lowest BCUT2D eigenvalue weighted by Gasteiger charge is -2.37. The first kappa shape index (κ1) is 11.9. The van der Waals surface area contributed by atoms with Gasteiger partial charge in [0.1, 0.15) is 11.4 Å². The lowest BCUT2D eigenvalue weighted by atomic mass is 9.84. The number of benzene rings is 1. The second kappa shape index (κ2) is 3.62. The van der Waals surface area contributed by atoms with Crippen LogP contribution in [0.3, 0.4) is 0 Å². The van der Waals surface area contributed by atoms with Gasteiger partial charge < -0.3 is 9.84 Å². The molecule has 0 amide bonds. The van der Waals surface area contributed by atoms with Gasteiger partial charge in [-0.25, -0.2) is 0 Å². The van der Waals surface area contributed by atoms with Gasteiger partial charge in [-0.3, -0.25) is 9.59 Å². The number of carbonyl (C=O) groups excluding carboxylic acids is 1. The summed E-state index contributed by atoms with van der Waals surface area (Å²) in [4.78, 5) is 23.6. The maximum atomic E-state index is 12.4. The van der Waals surface area contributed by atoms with Gasteiger partial charge in [0, 0.05) is 5.92 Å². The highest BCUT2D eigenvalue weighted by Gasteiger charge is 2.70. The molecule has 1 spiro atoms. The molecular formula is C16H16O4. The van der Waals surface area contributed by atoms with Gasteiger partial charge in [-0.15, -0.1) is 0 Å². The lowest BCUT2D eigenvalue weighted by Crippen LogP contribution is -2.43. The van der Waals surface area contributed by atoms with Crippen LogP contribution in [-0.4, -0.2) is 22.5 Å². The Kier molecular flexibility index (Phi) is 2.16. The summed E-state index contributed by atoms with van der Waals surface area (Å²) in [6.07, 6.45) is 1.98. The fraction of sp³-hybridized carbons (Fsp3) is 0.500. The van der Waals surface area contributed by atoms with Crippen LogP contribution in [0.15, 0.2) is 18.2 Å². The predicted molar refractivity (Wildman–Crippen MR) is 70.8 cm³/mol. The largest absolute Gasteiger partial charge is 0.486 e. The van der Waals surface area contributed by atoms with Crippen LogP contribution < -0.4 is 4.74 Å². The normalized spacial score (nSPS) is 37.2. The summed E-state index contributed by atoms with van der Waals surface area (Å²) in [7, 11) is 0. The van der Waals surface area contributed by atoms with Crippen molar-refractivity contribution in [3.63, 3.8) is 0 Å². The van der Waals surface area contributed by atoms with Crippen molar-refractivity contribution in [3.8, 4) is 5.75 Å². The van der Waals surface area contributed by atoms with E-state index in [4.69, 9.17) is 4.74 Å². The SMILES string of the molecule is Cc1ccc2c(c1)C(=O)C[C@]1(CC[C@@H]3[C@H](C(=O)O)[C@H]31)O2. The van der Waals surface area contributed by atoms with Gasteiger partial charge >= 0.3 is 5.97 Å². The van der Waals surface area contributed by atoms with E-state index in [0.717, 1.165) is 18.4 Å². The predicted octanol–water partition coefficient (Wildman–Crippen LogP) is 2.44. The molecule has 4 heteroatoms. The molecule has 4 nitrogen and oxygen atoms in total. The van der Waals surface area contributed by atoms with Gasteiger partial charge in [0.2, 0.25) is 0 Å². The highest BCUT2D eigenvalue weighted by molar-refractivity contribution is 6.00. The number of carbonyl (C=O) groups is 2. The van der Waals surface area contributed by atoms with E-state index in [-0.39, 0.29) is 23.5 Å². The molecule has 2 fully saturated rings. The number of hydrogen-bond acceptors (Lipinski definition) is 3. The van der Waals surface area contributed by atoms with E-state index in [1.165, 1.54) is 0 Å². The van der Waals surface area contributed by atoms with Crippen molar-refractivity contribution < 1.29 is 19.4 Å². The zero-order chi connectivity index (χ0) is 14.1. The monoisotopic (exact) mass is 272 g/mol. The van der Waals surface area contributed by atoms with Crippen LogP contribution in [0, 0.1) is 24.7 Å². The Hall–Kier alpha value is -1.84. The van der Waals surface area contributed by atoms with Gasteiger partial charge in [0.25, 0.3) is 0 Å². The number of ether oxygens (including phenoxy) is 1. The zero-order valence-electron chi connectivity index (χ0n) is 11.3. The van der Waals surface area contributed by atoms with Crippen molar-refractivity contribution in [2.75, 3.05) is 0 Å². The van der Waals surface area contributed by atoms with Crippen molar-refractivity contribution in [2.45, 2.75) is 31.8 Å². The first-order valence-corrected chi connectivity index (χ1v) is 7.07. The minimum atomic E-state index is -0.746. The molecule has 1 aromatic rings. The summed E-state index contributed by atoms with van der Waals surface area (Å²) in [5.41, 5.74) is 1.12. The van der Waals surface area contributed by atoms with Crippen molar-refractivity contribution in [2.24, 2.45) is 17.8 Å². The first-order chi connectivity index (χ1) is 9.52. The van der Waals surface area contributed by atoms with E-state index in [1.807, 2.05) is 25.1 Å². The fourth-order valence-electron chi connectivity index (χ4n) is 4.26. The second-order valence-electron chi connectivity index (χ2n) is 6.36. The van der Waals surface area contributed by atoms with Gasteiger partial charge in [-0.1, -0.05) is 11.6 Å². The molecule has 0 unspecified atom stereocenters. The fourth-order valence-corrected chi connectivity index (χ4v) is 4.26. The number of carboxylic acid groups (broad SMARTS) is 1. The number of Topliss-reactive ketones (excluding diaryl/α,β-unsaturated/α-hetero) is 1. The Bertz CT molecular complexity index is 635. The summed E-state index contributed by atoms with van der Waals surface area (Å²) < 4.78 is 6.16. The summed E-state index contributed by atoms with van der Waals surface area (Å²) in [5, 5.41) is 9.23. The number of aliphatic carboxylic acids is 1. The molecule has 1 aromatic carbocycles. The summed E-state index contributed by atoms with van der Waals surface area (Å²) in [5.74, 6) is -0.130. The van der Waals surface area contributed by atoms with E-state index >= 15 is 0 Å². The number of aryl methyl sites for hydroxylation is 1. The number of carboxylic acids is 1. The number of ketones is 1. The highest BCUT2D eigenvalue weighted by Crippen LogP contribution is 2.65. The van der Waals surface area contributed by atoms with Crippen LogP contribution in [0.4, 0.5) is 0 Å². The molecule has 20 heavy (non-hydrogen) atoms. The average molecular weight is 272 g/mol. The summed E-state index contributed by atoms with van der Waals surface area (Å²) in [6, 6.07) is 5.63. The Morgan fingerprint density at radius 1 is 1.45 bits per heavy atom. The molecule has 3 aliphatic rings. The minimum Gasteiger partial charge on any atom is -0.486 e. The van der Waals surface area contributed by atoms with E-state index in [0.29, 0.717) is 17.7 Å². The molecule has 4 rings (SSSR count). The van der Waals surface area contributed by atoms with Crippen molar-refractivity contribution in [1.29, 1.82) is 0 Å². The van der Waals surface area contributed by atoms with E-state index < -0.39 is 11.6 Å². The van der Waals surface area contributed by atoms with Crippen LogP contribution in [0.2, 0.25) is 0 Å². The Labute approximate surface area is 116 Å². The van der Waals surface area contributed by atoms with Crippen LogP contribution >= 0.6 is 0 Å². The maximum Gasteiger partial charge on any atom is 0.307 e. The number of fused-ring (bicyclic) bond motifs is 3. The lowest BCUT2D eigenvalue weighted by molar-refractivity contribution is -0.140. The third-order valence-electron chi connectivity index (χ3n) is 5.17. The first-order valence-electron chi connectivity index (χ1n) is 7.07. The molecule has 1 N–H and O–H groups in total. The summed E-state index contributed by atoms with van der Waals surface area (Å²) >= 11 is 0. The molecule has 0 saturated heterocycles. The Morgan fingerprint density at radius 2 is 2.25 bits per heavy atom. The number of hydrogen-bond donors (Lipinski definition) is 1. The van der Waals surface area contributed by atoms with Crippen LogP contribution in [0.25, 0.3) is 0 Å². The van der Waals surface area contributed by atoms with E-state index in [1.54, 1.807) is 0 Å². The van der Waals surface area contributed by atoms with E-state index in [9.17, 15) is 14.7 Å². The van der Waals surface area contributed by atoms with E-state index in [2.05, 4.69) is 0 Å². The quantitative estimate of drug-likeness (QED) is 0.852. The average Bonchev–Trinajstić information content (AvgIpc) is 3.05. The second-order valence-corrected chi connectivity index (χ2v) is 6.36. The Morgan fingerprint density at radius 3 is 2.95 bits per heavy atom. The molecule has 2 aliphatic carbocycles. The molecule has 104 valence electrons. The standard InChI is InChI=1S/C16H16O4/c1-8-2-3-12-10(6-8)11(17)7-16(20-12)5-4-9-13(14(9)16)15(18)19/h2-3,6,9,13-14H,4-5,7H2,1H3,(H,18,19)/t9-,13+,14+,16+/m1/s1. The molecule has 0 aromatic heterocycles. The topological polar surface area (TPSA) is 63.6 Å². The summed E-state index contributed by atoms with van der Waals surface area (Å²) in [6.45, 7) is 1.95. The van der Waals surface area contributed by atoms with Gasteiger partial charge in [0.05, 0.1) is 17.9 Å². The zero-order valence-corrected chi connectivity index (χ0v) is 11.3. The van der Waals surface area contributed by atoms with Gasteiger partial charge in [-0.05, 0) is 37.8 Å². The molecule has 1 heterocycles. The molecule has 0 radical (unpaired) electrons. The third kappa shape index (κ3) is 1.42. The third-order valence-corrected chi connectivity index (χ3v) is 5.17. The van der Waals surface area contributed by atoms with Crippen LogP contribution in [-0.2, 0) is 4.79 Å². The minimum absolute atomic E-state index is 0.0124. The molecule has 2 saturated carbocycles. The molecule has 0 bridgehead atoms. The van der Waals surface area contributed by atoms with Crippen LogP contribution in [0.1, 0.15) is 35.2 Å². The Balaban J connectivity index is 1.72. The van der Waals surface area contributed by atoms with Crippen molar-refractivity contribution in [3.05, 3.63) is 29.3 Å². The van der Waals surface area contributed by atoms with Crippen molar-refractivity contribution in [1.82, 2.24) is 0 Å².